The Morgan fingerprint density at radius 3 is 2.82 bits per heavy atom. The van der Waals surface area contributed by atoms with Gasteiger partial charge in [0, 0.05) is 6.92 Å². The Morgan fingerprint density at radius 2 is 2.36 bits per heavy atom. The summed E-state index contributed by atoms with van der Waals surface area (Å²) in [5, 5.41) is 0. The van der Waals surface area contributed by atoms with Gasteiger partial charge in [-0.05, 0) is 5.92 Å². The number of hydrogen-bond donors (Lipinski definition) is 0. The van der Waals surface area contributed by atoms with Crippen molar-refractivity contribution in [3.63, 3.8) is 0 Å². The molecular formula is C8H13NO2. The first-order chi connectivity index (χ1) is 5.18. The van der Waals surface area contributed by atoms with Crippen molar-refractivity contribution in [1.29, 1.82) is 0 Å². The lowest BCUT2D eigenvalue weighted by atomic mass is 10.2. The summed E-state index contributed by atoms with van der Waals surface area (Å²) < 4.78 is 10.4. The van der Waals surface area contributed by atoms with E-state index in [1.165, 1.54) is 0 Å². The zero-order chi connectivity index (χ0) is 8.27. The zero-order valence-corrected chi connectivity index (χ0v) is 7.13. The molecule has 62 valence electrons. The molecule has 1 aromatic rings. The van der Waals surface area contributed by atoms with Crippen LogP contribution in [-0.2, 0) is 0 Å². The maximum absolute atomic E-state index is 5.26. The Kier molecular flexibility index (Phi) is 2.52. The maximum atomic E-state index is 5.26. The number of rotatable bonds is 3. The Morgan fingerprint density at radius 1 is 1.64 bits per heavy atom. The first-order valence-electron chi connectivity index (χ1n) is 3.73. The molecule has 11 heavy (non-hydrogen) atoms. The SMILES string of the molecule is Cc1ncc(OCC(C)C)o1. The molecule has 1 aromatic heterocycles. The van der Waals surface area contributed by atoms with Crippen molar-refractivity contribution >= 4 is 0 Å². The van der Waals surface area contributed by atoms with E-state index in [9.17, 15) is 0 Å². The van der Waals surface area contributed by atoms with Gasteiger partial charge < -0.3 is 9.15 Å². The van der Waals surface area contributed by atoms with Gasteiger partial charge >= 0.3 is 5.95 Å². The summed E-state index contributed by atoms with van der Waals surface area (Å²) in [7, 11) is 0. The maximum Gasteiger partial charge on any atom is 0.305 e. The van der Waals surface area contributed by atoms with Crippen molar-refractivity contribution in [2.24, 2.45) is 5.92 Å². The Hall–Kier alpha value is -0.990. The molecule has 0 amide bonds. The second-order valence-corrected chi connectivity index (χ2v) is 2.90. The minimum Gasteiger partial charge on any atom is -0.464 e. The van der Waals surface area contributed by atoms with E-state index in [1.54, 1.807) is 13.1 Å². The summed E-state index contributed by atoms with van der Waals surface area (Å²) in [4.78, 5) is 3.90. The Labute approximate surface area is 66.4 Å². The summed E-state index contributed by atoms with van der Waals surface area (Å²) in [6.45, 7) is 6.64. The molecule has 3 nitrogen and oxygen atoms in total. The standard InChI is InChI=1S/C8H13NO2/c1-6(2)5-10-8-4-9-7(3)11-8/h4,6H,5H2,1-3H3. The second-order valence-electron chi connectivity index (χ2n) is 2.90. The van der Waals surface area contributed by atoms with Crippen molar-refractivity contribution < 1.29 is 9.15 Å². The van der Waals surface area contributed by atoms with Gasteiger partial charge in [0.25, 0.3) is 0 Å². The molecule has 0 aliphatic rings. The third-order valence-electron chi connectivity index (χ3n) is 1.16. The molecule has 0 saturated heterocycles. The van der Waals surface area contributed by atoms with E-state index >= 15 is 0 Å². The molecule has 0 aliphatic carbocycles. The van der Waals surface area contributed by atoms with Crippen molar-refractivity contribution in [1.82, 2.24) is 4.98 Å². The lowest BCUT2D eigenvalue weighted by Crippen LogP contribution is -2.03. The third-order valence-corrected chi connectivity index (χ3v) is 1.16. The zero-order valence-electron chi connectivity index (χ0n) is 7.13. The van der Waals surface area contributed by atoms with Gasteiger partial charge in [0.05, 0.1) is 6.61 Å². The van der Waals surface area contributed by atoms with Gasteiger partial charge in [0.2, 0.25) is 0 Å². The Balaban J connectivity index is 2.39. The van der Waals surface area contributed by atoms with E-state index in [1.807, 2.05) is 0 Å². The monoisotopic (exact) mass is 155 g/mol. The minimum atomic E-state index is 0.510. The van der Waals surface area contributed by atoms with E-state index in [4.69, 9.17) is 9.15 Å². The van der Waals surface area contributed by atoms with Gasteiger partial charge in [0.1, 0.15) is 6.20 Å². The molecule has 0 N–H and O–H groups in total. The van der Waals surface area contributed by atoms with Gasteiger partial charge in [-0.15, -0.1) is 0 Å². The number of oxazole rings is 1. The third kappa shape index (κ3) is 2.62. The summed E-state index contributed by atoms with van der Waals surface area (Å²) in [5.41, 5.74) is 0. The van der Waals surface area contributed by atoms with E-state index < -0.39 is 0 Å². The molecule has 0 atom stereocenters. The van der Waals surface area contributed by atoms with Crippen LogP contribution in [0.15, 0.2) is 10.6 Å². The largest absolute Gasteiger partial charge is 0.464 e. The molecule has 0 spiro atoms. The summed E-state index contributed by atoms with van der Waals surface area (Å²) in [6.07, 6.45) is 1.59. The average molecular weight is 155 g/mol. The number of nitrogens with zero attached hydrogens (tertiary/aromatic N) is 1. The molecule has 1 heterocycles. The number of aromatic nitrogens is 1. The average Bonchev–Trinajstić information content (AvgIpc) is 2.31. The lowest BCUT2D eigenvalue weighted by Gasteiger charge is -2.03. The van der Waals surface area contributed by atoms with Gasteiger partial charge in [-0.25, -0.2) is 4.98 Å². The fraction of sp³-hybridized carbons (Fsp3) is 0.625. The van der Waals surface area contributed by atoms with Gasteiger partial charge in [-0.1, -0.05) is 13.8 Å². The highest BCUT2D eigenvalue weighted by molar-refractivity contribution is 4.98. The molecule has 3 heteroatoms. The molecule has 0 unspecified atom stereocenters. The molecule has 0 saturated carbocycles. The second kappa shape index (κ2) is 3.42. The van der Waals surface area contributed by atoms with Crippen molar-refractivity contribution in [3.05, 3.63) is 12.1 Å². The predicted octanol–water partition coefficient (Wildman–Crippen LogP) is 2.02. The molecule has 0 radical (unpaired) electrons. The smallest absolute Gasteiger partial charge is 0.305 e. The highest BCUT2D eigenvalue weighted by Gasteiger charge is 2.00. The Bertz CT molecular complexity index is 218. The minimum absolute atomic E-state index is 0.510. The van der Waals surface area contributed by atoms with Crippen LogP contribution in [0.5, 0.6) is 5.95 Å². The van der Waals surface area contributed by atoms with Crippen LogP contribution in [0.1, 0.15) is 19.7 Å². The molecule has 0 aliphatic heterocycles. The molecule has 0 aromatic carbocycles. The number of aryl methyl sites for hydroxylation is 1. The van der Waals surface area contributed by atoms with Crippen LogP contribution >= 0.6 is 0 Å². The fourth-order valence-corrected chi connectivity index (χ4v) is 0.657. The topological polar surface area (TPSA) is 35.3 Å². The van der Waals surface area contributed by atoms with Crippen LogP contribution in [-0.4, -0.2) is 11.6 Å². The van der Waals surface area contributed by atoms with Gasteiger partial charge in [-0.3, -0.25) is 0 Å². The van der Waals surface area contributed by atoms with Crippen LogP contribution < -0.4 is 4.74 Å². The first kappa shape index (κ1) is 8.11. The number of hydrogen-bond acceptors (Lipinski definition) is 3. The summed E-state index contributed by atoms with van der Waals surface area (Å²) in [6, 6.07) is 0. The van der Waals surface area contributed by atoms with Crippen LogP contribution in [0.4, 0.5) is 0 Å². The van der Waals surface area contributed by atoms with Crippen molar-refractivity contribution in [3.8, 4) is 5.95 Å². The van der Waals surface area contributed by atoms with Crippen LogP contribution in [0.3, 0.4) is 0 Å². The van der Waals surface area contributed by atoms with Gasteiger partial charge in [-0.2, -0.15) is 0 Å². The highest BCUT2D eigenvalue weighted by atomic mass is 16.6. The highest BCUT2D eigenvalue weighted by Crippen LogP contribution is 2.11. The summed E-state index contributed by atoms with van der Waals surface area (Å²) >= 11 is 0. The van der Waals surface area contributed by atoms with E-state index in [-0.39, 0.29) is 0 Å². The van der Waals surface area contributed by atoms with E-state index in [0.717, 1.165) is 0 Å². The quantitative estimate of drug-likeness (QED) is 0.669. The number of ether oxygens (including phenoxy) is 1. The van der Waals surface area contributed by atoms with E-state index in [2.05, 4.69) is 18.8 Å². The van der Waals surface area contributed by atoms with E-state index in [0.29, 0.717) is 24.4 Å². The lowest BCUT2D eigenvalue weighted by molar-refractivity contribution is 0.209. The van der Waals surface area contributed by atoms with Crippen LogP contribution in [0.25, 0.3) is 0 Å². The molecule has 0 fully saturated rings. The first-order valence-corrected chi connectivity index (χ1v) is 3.73. The molecule has 0 bridgehead atoms. The normalized spacial score (nSPS) is 10.5. The summed E-state index contributed by atoms with van der Waals surface area (Å²) in [5.74, 6) is 1.67. The predicted molar refractivity (Wildman–Crippen MR) is 41.6 cm³/mol. The molecule has 1 rings (SSSR count). The van der Waals surface area contributed by atoms with Crippen molar-refractivity contribution in [2.75, 3.05) is 6.61 Å². The van der Waals surface area contributed by atoms with Crippen LogP contribution in [0.2, 0.25) is 0 Å². The molecular weight excluding hydrogens is 142 g/mol. The van der Waals surface area contributed by atoms with Crippen LogP contribution in [0, 0.1) is 12.8 Å². The van der Waals surface area contributed by atoms with Gasteiger partial charge in [0.15, 0.2) is 5.89 Å². The fourth-order valence-electron chi connectivity index (χ4n) is 0.657. The van der Waals surface area contributed by atoms with Crippen molar-refractivity contribution in [2.45, 2.75) is 20.8 Å².